The molecule has 13 heteroatoms. The lowest BCUT2D eigenvalue weighted by Gasteiger charge is -2.05. The van der Waals surface area contributed by atoms with E-state index >= 15 is 0 Å². The molecule has 0 amide bonds. The molecule has 50 heavy (non-hydrogen) atoms. The number of rotatable bonds is 14. The van der Waals surface area contributed by atoms with Crippen molar-refractivity contribution >= 4 is 29.8 Å². The number of benzene rings is 1. The van der Waals surface area contributed by atoms with Gasteiger partial charge in [0, 0.05) is 30.9 Å². The van der Waals surface area contributed by atoms with E-state index in [0.29, 0.717) is 69.1 Å². The molecule has 6 atom stereocenters. The van der Waals surface area contributed by atoms with Crippen molar-refractivity contribution in [1.29, 1.82) is 0 Å². The molecule has 13 nitrogen and oxygen atoms in total. The minimum Gasteiger partial charge on any atom is -0.550 e. The molecule has 4 aliphatic carbocycles. The minimum atomic E-state index is -1.02. The fraction of sp³-hybridized carbons (Fsp3) is 0.622. The van der Waals surface area contributed by atoms with Gasteiger partial charge in [-0.05, 0) is 131 Å². The Morgan fingerprint density at radius 2 is 1.22 bits per heavy atom. The van der Waals surface area contributed by atoms with Gasteiger partial charge < -0.3 is 35.0 Å². The third-order valence-corrected chi connectivity index (χ3v) is 9.70. The number of nitrogens with zero attached hydrogens (tertiary/aromatic N) is 1. The molecule has 2 saturated carbocycles. The van der Waals surface area contributed by atoms with Gasteiger partial charge >= 0.3 is 18.1 Å². The van der Waals surface area contributed by atoms with Crippen LogP contribution in [0.5, 0.6) is 5.75 Å². The van der Waals surface area contributed by atoms with Crippen LogP contribution in [0, 0.1) is 45.6 Å². The molecule has 2 unspecified atom stereocenters. The van der Waals surface area contributed by atoms with Gasteiger partial charge in [0.15, 0.2) is 0 Å². The predicted octanol–water partition coefficient (Wildman–Crippen LogP) is 5.74. The molecule has 2 fully saturated rings. The summed E-state index contributed by atoms with van der Waals surface area (Å²) in [5, 5.41) is 28.7. The van der Waals surface area contributed by atoms with Crippen LogP contribution in [0.25, 0.3) is 0 Å². The van der Waals surface area contributed by atoms with E-state index < -0.39 is 23.0 Å². The first-order chi connectivity index (χ1) is 24.1. The maximum absolute atomic E-state index is 11.7. The van der Waals surface area contributed by atoms with Crippen molar-refractivity contribution < 1.29 is 48.5 Å². The Hall–Kier alpha value is -4.26. The average molecular weight is 700 g/mol. The summed E-state index contributed by atoms with van der Waals surface area (Å²) in [5.74, 6) is 2.07. The predicted molar refractivity (Wildman–Crippen MR) is 182 cm³/mol. The molecule has 0 saturated heterocycles. The summed E-state index contributed by atoms with van der Waals surface area (Å²) in [6.45, 7) is 1.38. The Morgan fingerprint density at radius 3 is 1.64 bits per heavy atom. The first kappa shape index (κ1) is 40.2. The van der Waals surface area contributed by atoms with Crippen molar-refractivity contribution in [2.24, 2.45) is 41.2 Å². The number of unbranched alkanes of at least 4 members (excludes halogenated alkanes) is 1. The van der Waals surface area contributed by atoms with Crippen molar-refractivity contribution in [3.63, 3.8) is 0 Å². The van der Waals surface area contributed by atoms with Crippen molar-refractivity contribution in [3.8, 4) is 5.75 Å². The van der Waals surface area contributed by atoms with E-state index in [2.05, 4.69) is 24.3 Å². The number of non-ortho nitro benzene ring substituents is 1. The van der Waals surface area contributed by atoms with Crippen LogP contribution in [0.4, 0.5) is 10.5 Å². The van der Waals surface area contributed by atoms with Crippen molar-refractivity contribution in [1.82, 2.24) is 0 Å². The number of aliphatic carboxylic acids is 2. The van der Waals surface area contributed by atoms with E-state index in [9.17, 15) is 34.4 Å². The molecule has 0 heterocycles. The monoisotopic (exact) mass is 699 g/mol. The number of esters is 1. The Morgan fingerprint density at radius 1 is 0.740 bits per heavy atom. The highest BCUT2D eigenvalue weighted by molar-refractivity contribution is 5.69. The summed E-state index contributed by atoms with van der Waals surface area (Å²) < 4.78 is 15.6. The summed E-state index contributed by atoms with van der Waals surface area (Å²) in [6.07, 6.45) is 19.7. The second-order valence-corrected chi connectivity index (χ2v) is 13.2. The molecule has 3 N–H and O–H groups in total. The Kier molecular flexibility index (Phi) is 17.5. The lowest BCUT2D eigenvalue weighted by molar-refractivity contribution is -0.384. The Balaban J connectivity index is 0.000000230. The van der Waals surface area contributed by atoms with Crippen LogP contribution >= 0.6 is 0 Å². The van der Waals surface area contributed by atoms with Crippen LogP contribution in [-0.2, 0) is 23.9 Å². The molecule has 0 spiro atoms. The summed E-state index contributed by atoms with van der Waals surface area (Å²) in [6, 6.07) is 5.35. The third kappa shape index (κ3) is 15.1. The molecular formula is C37H51N2O11-. The van der Waals surface area contributed by atoms with Crippen LogP contribution in [0.3, 0.4) is 0 Å². The molecule has 0 radical (unpaired) electrons. The van der Waals surface area contributed by atoms with Gasteiger partial charge in [0.05, 0.1) is 18.1 Å². The first-order valence-corrected chi connectivity index (χ1v) is 17.8. The van der Waals surface area contributed by atoms with Crippen LogP contribution in [0.2, 0.25) is 0 Å². The van der Waals surface area contributed by atoms with E-state index in [4.69, 9.17) is 25.1 Å². The zero-order valence-corrected chi connectivity index (χ0v) is 28.7. The summed E-state index contributed by atoms with van der Waals surface area (Å²) >= 11 is 0. The summed E-state index contributed by atoms with van der Waals surface area (Å²) in [5.41, 5.74) is 4.94. The molecule has 276 valence electrons. The second kappa shape index (κ2) is 21.7. The number of nitrogens with two attached hydrogens (primary N) is 1. The lowest BCUT2D eigenvalue weighted by atomic mass is 10.1. The van der Waals surface area contributed by atoms with Gasteiger partial charge in [-0.2, -0.15) is 0 Å². The van der Waals surface area contributed by atoms with Gasteiger partial charge in [0.2, 0.25) is 0 Å². The molecule has 1 aromatic rings. The molecule has 0 aliphatic heterocycles. The second-order valence-electron chi connectivity index (χ2n) is 13.2. The maximum atomic E-state index is 11.7. The number of hydrogen-bond acceptors (Lipinski definition) is 11. The minimum absolute atomic E-state index is 0.0477. The molecule has 0 aromatic heterocycles. The standard InChI is InChI=1S/C17H19NO5.C16H24O4.C4H9NO2/c19-17(23-13-9-7-12(8-10-13)18(20)21)22-11-16-14-5-3-1-2-4-6-15(14)16;17-15(18)9-5-6-10-16(19)20-11-14-12-7-3-1-2-4-8-13(12)14;5-3-1-2-4(6)7/h1-2,7-10,14-16H,3-6,11H2;1-2,12-14H,3-11H2,(H,17,18);1-3,5H2,(H,6,7)/p-1/b2*2-1+;/t14-,15+,16?;12-,13+,14?;. The molecule has 0 bridgehead atoms. The number of allylic oxidation sites excluding steroid dienone is 4. The smallest absolute Gasteiger partial charge is 0.513 e. The molecular weight excluding hydrogens is 648 g/mol. The largest absolute Gasteiger partial charge is 0.550 e. The van der Waals surface area contributed by atoms with Gasteiger partial charge in [-0.3, -0.25) is 19.7 Å². The van der Waals surface area contributed by atoms with Crippen LogP contribution in [0.15, 0.2) is 48.6 Å². The SMILES string of the molecule is NCCCC(=O)[O-].O=C(O)CCCCC(=O)OCC1[C@H]2CC/C=C/CC[C@@H]12.O=C(OCC1[C@H]2CC/C=C/CC[C@@H]12)Oc1ccc([N+](=O)[O-])cc1. The number of nitro groups is 1. The number of hydrogen-bond donors (Lipinski definition) is 2. The van der Waals surface area contributed by atoms with E-state index in [1.54, 1.807) is 0 Å². The van der Waals surface area contributed by atoms with E-state index in [1.165, 1.54) is 37.1 Å². The number of carbonyl (C=O) groups is 4. The highest BCUT2D eigenvalue weighted by Gasteiger charge is 2.50. The van der Waals surface area contributed by atoms with Crippen molar-refractivity contribution in [2.45, 2.75) is 89.9 Å². The number of carboxylic acid groups (broad SMARTS) is 2. The van der Waals surface area contributed by atoms with E-state index in [-0.39, 0.29) is 30.2 Å². The number of carboxylic acids is 2. The van der Waals surface area contributed by atoms with Gasteiger partial charge in [0.1, 0.15) is 5.75 Å². The number of fused-ring (bicyclic) bond motifs is 2. The summed E-state index contributed by atoms with van der Waals surface area (Å²) in [7, 11) is 0. The highest BCUT2D eigenvalue weighted by Crippen LogP contribution is 2.53. The normalized spacial score (nSPS) is 25.5. The van der Waals surface area contributed by atoms with Crippen LogP contribution in [-0.4, -0.2) is 53.9 Å². The lowest BCUT2D eigenvalue weighted by Crippen LogP contribution is -2.22. The van der Waals surface area contributed by atoms with Gasteiger partial charge in [-0.25, -0.2) is 4.79 Å². The van der Waals surface area contributed by atoms with Crippen LogP contribution in [0.1, 0.15) is 89.9 Å². The molecule has 4 aliphatic rings. The van der Waals surface area contributed by atoms with Gasteiger partial charge in [-0.15, -0.1) is 0 Å². The Bertz CT molecular complexity index is 1280. The quantitative estimate of drug-likeness (QED) is 0.0595. The number of nitro benzene ring substituents is 1. The molecule has 5 rings (SSSR count). The van der Waals surface area contributed by atoms with Crippen molar-refractivity contribution in [2.75, 3.05) is 19.8 Å². The number of ether oxygens (including phenoxy) is 3. The topological polar surface area (TPSA) is 208 Å². The molecule has 1 aromatic carbocycles. The van der Waals surface area contributed by atoms with E-state index in [1.807, 2.05) is 0 Å². The maximum Gasteiger partial charge on any atom is 0.513 e. The first-order valence-electron chi connectivity index (χ1n) is 17.8. The third-order valence-electron chi connectivity index (χ3n) is 9.70. The average Bonchev–Trinajstić information content (AvgIpc) is 3.92. The van der Waals surface area contributed by atoms with Crippen molar-refractivity contribution in [3.05, 3.63) is 58.7 Å². The zero-order chi connectivity index (χ0) is 36.3. The Labute approximate surface area is 293 Å². The van der Waals surface area contributed by atoms with Gasteiger partial charge in [0.25, 0.3) is 5.69 Å². The fourth-order valence-electron chi connectivity index (χ4n) is 6.86. The van der Waals surface area contributed by atoms with E-state index in [0.717, 1.165) is 50.4 Å². The van der Waals surface area contributed by atoms with Crippen LogP contribution < -0.4 is 15.6 Å². The number of carbonyl (C=O) groups excluding carboxylic acids is 3. The zero-order valence-electron chi connectivity index (χ0n) is 28.7. The summed E-state index contributed by atoms with van der Waals surface area (Å²) in [4.78, 5) is 53.3. The van der Waals surface area contributed by atoms with Gasteiger partial charge in [-0.1, -0.05) is 24.3 Å². The highest BCUT2D eigenvalue weighted by atomic mass is 16.7. The fourth-order valence-corrected chi connectivity index (χ4v) is 6.86.